The molecule has 28 heavy (non-hydrogen) atoms. The van der Waals surface area contributed by atoms with Gasteiger partial charge in [0, 0.05) is 41.3 Å². The minimum Gasteiger partial charge on any atom is -0.366 e. The number of H-pyrrole nitrogens is 1. The monoisotopic (exact) mass is 398 g/mol. The zero-order valence-electron chi connectivity index (χ0n) is 15.1. The number of benzene rings is 1. The minimum absolute atomic E-state index is 0.288. The van der Waals surface area contributed by atoms with Crippen LogP contribution in [0.1, 0.15) is 22.3 Å². The van der Waals surface area contributed by atoms with Crippen molar-refractivity contribution < 1.29 is 8.78 Å². The van der Waals surface area contributed by atoms with Gasteiger partial charge in [0.2, 0.25) is 5.95 Å². The zero-order valence-corrected chi connectivity index (χ0v) is 15.8. The van der Waals surface area contributed by atoms with Gasteiger partial charge in [0.25, 0.3) is 0 Å². The summed E-state index contributed by atoms with van der Waals surface area (Å²) in [5.41, 5.74) is 3.92. The van der Waals surface area contributed by atoms with E-state index in [0.29, 0.717) is 28.4 Å². The van der Waals surface area contributed by atoms with Crippen LogP contribution in [-0.2, 0) is 13.0 Å². The lowest BCUT2D eigenvalue weighted by Crippen LogP contribution is -2.04. The van der Waals surface area contributed by atoms with Crippen molar-refractivity contribution in [3.63, 3.8) is 0 Å². The molecule has 0 amide bonds. The molecule has 0 unspecified atom stereocenters. The van der Waals surface area contributed by atoms with Crippen molar-refractivity contribution in [1.29, 1.82) is 0 Å². The van der Waals surface area contributed by atoms with E-state index in [4.69, 9.17) is 11.6 Å². The van der Waals surface area contributed by atoms with Crippen LogP contribution in [-0.4, -0.2) is 15.0 Å². The highest BCUT2D eigenvalue weighted by molar-refractivity contribution is 6.30. The van der Waals surface area contributed by atoms with Crippen LogP contribution >= 0.6 is 11.6 Å². The maximum atomic E-state index is 14.5. The molecular weight excluding hydrogens is 382 g/mol. The van der Waals surface area contributed by atoms with Gasteiger partial charge in [-0.25, -0.2) is 14.4 Å². The lowest BCUT2D eigenvalue weighted by atomic mass is 10.1. The second kappa shape index (κ2) is 7.56. The van der Waals surface area contributed by atoms with E-state index in [2.05, 4.69) is 20.3 Å². The summed E-state index contributed by atoms with van der Waals surface area (Å²) < 4.78 is 27.9. The lowest BCUT2D eigenvalue weighted by molar-refractivity contribution is 0.571. The van der Waals surface area contributed by atoms with Gasteiger partial charge >= 0.3 is 0 Å². The van der Waals surface area contributed by atoms with Crippen LogP contribution in [0.3, 0.4) is 0 Å². The van der Waals surface area contributed by atoms with Crippen molar-refractivity contribution in [2.75, 3.05) is 5.32 Å². The van der Waals surface area contributed by atoms with E-state index in [1.54, 1.807) is 24.4 Å². The normalized spacial score (nSPS) is 11.1. The van der Waals surface area contributed by atoms with Gasteiger partial charge in [0.1, 0.15) is 17.3 Å². The summed E-state index contributed by atoms with van der Waals surface area (Å²) in [5, 5.41) is 4.28. The van der Waals surface area contributed by atoms with E-state index in [-0.39, 0.29) is 6.54 Å². The molecule has 3 aromatic heterocycles. The third kappa shape index (κ3) is 3.97. The first kappa shape index (κ1) is 18.4. The number of rotatable bonds is 5. The fourth-order valence-corrected chi connectivity index (χ4v) is 3.36. The van der Waals surface area contributed by atoms with Crippen molar-refractivity contribution in [3.05, 3.63) is 87.8 Å². The summed E-state index contributed by atoms with van der Waals surface area (Å²) in [7, 11) is 0. The fraction of sp³-hybridized carbons (Fsp3) is 0.143. The van der Waals surface area contributed by atoms with Gasteiger partial charge < -0.3 is 10.3 Å². The predicted octanol–water partition coefficient (Wildman–Crippen LogP) is 5.40. The number of hydrogen-bond donors (Lipinski definition) is 2. The van der Waals surface area contributed by atoms with Gasteiger partial charge in [-0.15, -0.1) is 0 Å². The Labute approximate surface area is 165 Å². The number of pyridine rings is 2. The Morgan fingerprint density at radius 2 is 1.96 bits per heavy atom. The summed E-state index contributed by atoms with van der Waals surface area (Å²) in [4.78, 5) is 11.4. The molecule has 0 saturated carbocycles. The number of nitrogens with one attached hydrogen (secondary N) is 2. The summed E-state index contributed by atoms with van der Waals surface area (Å²) in [6, 6.07) is 9.69. The lowest BCUT2D eigenvalue weighted by Gasteiger charge is -2.09. The molecule has 1 aromatic carbocycles. The van der Waals surface area contributed by atoms with Gasteiger partial charge in [0.15, 0.2) is 0 Å². The molecule has 0 saturated heterocycles. The van der Waals surface area contributed by atoms with Crippen LogP contribution in [0.15, 0.2) is 48.8 Å². The standard InChI is InChI=1S/C21H17ClF2N4/c1-12-4-18-15(11-27-21(18)26-9-12)7-14-2-3-19(28-20(14)24)25-10-13-5-16(22)8-17(23)6-13/h2-6,8-9,11H,7,10H2,1H3,(H,25,28)(H,26,27). The Kier molecular flexibility index (Phi) is 4.96. The number of aromatic nitrogens is 3. The van der Waals surface area contributed by atoms with Crippen molar-refractivity contribution in [3.8, 4) is 0 Å². The van der Waals surface area contributed by atoms with E-state index in [0.717, 1.165) is 22.2 Å². The molecule has 7 heteroatoms. The van der Waals surface area contributed by atoms with E-state index >= 15 is 0 Å². The Balaban J connectivity index is 1.50. The highest BCUT2D eigenvalue weighted by Crippen LogP contribution is 2.22. The van der Waals surface area contributed by atoms with Crippen molar-refractivity contribution in [2.24, 2.45) is 0 Å². The molecule has 0 radical (unpaired) electrons. The van der Waals surface area contributed by atoms with Crippen LogP contribution in [0.25, 0.3) is 11.0 Å². The average Bonchev–Trinajstić information content (AvgIpc) is 3.03. The third-order valence-electron chi connectivity index (χ3n) is 4.46. The third-order valence-corrected chi connectivity index (χ3v) is 4.67. The second-order valence-electron chi connectivity index (χ2n) is 6.68. The van der Waals surface area contributed by atoms with Gasteiger partial charge in [-0.2, -0.15) is 4.39 Å². The molecule has 0 aliphatic rings. The molecule has 4 rings (SSSR count). The number of halogens is 3. The fourth-order valence-electron chi connectivity index (χ4n) is 3.11. The molecule has 142 valence electrons. The smallest absolute Gasteiger partial charge is 0.218 e. The molecule has 0 atom stereocenters. The Hall–Kier alpha value is -2.99. The van der Waals surface area contributed by atoms with Crippen molar-refractivity contribution in [2.45, 2.75) is 19.9 Å². The topological polar surface area (TPSA) is 53.6 Å². The summed E-state index contributed by atoms with van der Waals surface area (Å²) in [5.74, 6) is -0.586. The molecule has 0 spiro atoms. The maximum Gasteiger partial charge on any atom is 0.218 e. The van der Waals surface area contributed by atoms with Gasteiger partial charge in [0.05, 0.1) is 0 Å². The molecule has 2 N–H and O–H groups in total. The van der Waals surface area contributed by atoms with Crippen LogP contribution in [0, 0.1) is 18.7 Å². The van der Waals surface area contributed by atoms with Gasteiger partial charge in [-0.3, -0.25) is 0 Å². The number of anilines is 1. The quantitative estimate of drug-likeness (QED) is 0.442. The molecule has 0 bridgehead atoms. The highest BCUT2D eigenvalue weighted by atomic mass is 35.5. The summed E-state index contributed by atoms with van der Waals surface area (Å²) >= 11 is 5.85. The van der Waals surface area contributed by atoms with E-state index in [9.17, 15) is 8.78 Å². The molecule has 4 nitrogen and oxygen atoms in total. The second-order valence-corrected chi connectivity index (χ2v) is 7.11. The first-order chi connectivity index (χ1) is 13.5. The molecular formula is C21H17ClF2N4. The van der Waals surface area contributed by atoms with E-state index in [1.807, 2.05) is 19.2 Å². The number of aromatic amines is 1. The van der Waals surface area contributed by atoms with Crippen LogP contribution in [0.4, 0.5) is 14.6 Å². The molecule has 0 fully saturated rings. The molecule has 0 aliphatic carbocycles. The highest BCUT2D eigenvalue weighted by Gasteiger charge is 2.11. The van der Waals surface area contributed by atoms with E-state index in [1.165, 1.54) is 12.1 Å². The Bertz CT molecular complexity index is 1140. The minimum atomic E-state index is -0.544. The van der Waals surface area contributed by atoms with Crippen LogP contribution < -0.4 is 5.32 Å². The van der Waals surface area contributed by atoms with Crippen molar-refractivity contribution >= 4 is 28.5 Å². The van der Waals surface area contributed by atoms with Gasteiger partial charge in [-0.1, -0.05) is 17.7 Å². The van der Waals surface area contributed by atoms with Gasteiger partial charge in [-0.05, 0) is 53.9 Å². The number of fused-ring (bicyclic) bond motifs is 1. The molecule has 0 aliphatic heterocycles. The summed E-state index contributed by atoms with van der Waals surface area (Å²) in [6.07, 6.45) is 4.04. The largest absolute Gasteiger partial charge is 0.366 e. The van der Waals surface area contributed by atoms with E-state index < -0.39 is 11.8 Å². The number of hydrogen-bond acceptors (Lipinski definition) is 3. The maximum absolute atomic E-state index is 14.5. The first-order valence-electron chi connectivity index (χ1n) is 8.75. The molecule has 3 heterocycles. The number of aryl methyl sites for hydroxylation is 1. The first-order valence-corrected chi connectivity index (χ1v) is 9.12. The van der Waals surface area contributed by atoms with Crippen LogP contribution in [0.2, 0.25) is 5.02 Å². The number of nitrogens with zero attached hydrogens (tertiary/aromatic N) is 2. The predicted molar refractivity (Wildman–Crippen MR) is 107 cm³/mol. The molecule has 4 aromatic rings. The Morgan fingerprint density at radius 1 is 1.11 bits per heavy atom. The zero-order chi connectivity index (χ0) is 19.7. The van der Waals surface area contributed by atoms with Crippen molar-refractivity contribution in [1.82, 2.24) is 15.0 Å². The van der Waals surface area contributed by atoms with Crippen LogP contribution in [0.5, 0.6) is 0 Å². The Morgan fingerprint density at radius 3 is 2.75 bits per heavy atom. The summed E-state index contributed by atoms with van der Waals surface area (Å²) in [6.45, 7) is 2.26. The SMILES string of the molecule is Cc1cnc2[nH]cc(Cc3ccc(NCc4cc(F)cc(Cl)c4)nc3F)c2c1. The average molecular weight is 399 g/mol.